The van der Waals surface area contributed by atoms with E-state index in [1.54, 1.807) is 0 Å². The quantitative estimate of drug-likeness (QED) is 0.314. The van der Waals surface area contributed by atoms with Gasteiger partial charge in [-0.1, -0.05) is 42.8 Å². The monoisotopic (exact) mass is 454 g/mol. The molecule has 1 unspecified atom stereocenters. The molecule has 2 aromatic carbocycles. The molecule has 1 heterocycles. The van der Waals surface area contributed by atoms with Crippen LogP contribution in [0.4, 0.5) is 0 Å². The van der Waals surface area contributed by atoms with Gasteiger partial charge >= 0.3 is 0 Å². The molecule has 1 atom stereocenters. The number of unbranched alkanes of at least 4 members (excludes halogenated alkanes) is 3. The molecular formula is C28H38O5. The Bertz CT molecular complexity index is 784. The molecule has 1 saturated heterocycles. The van der Waals surface area contributed by atoms with Crippen LogP contribution in [0.15, 0.2) is 54.6 Å². The second kappa shape index (κ2) is 13.6. The average molecular weight is 455 g/mol. The first-order valence-electron chi connectivity index (χ1n) is 12.6. The van der Waals surface area contributed by atoms with Crippen LogP contribution in [-0.4, -0.2) is 38.3 Å². The number of hydrogen-bond acceptors (Lipinski definition) is 5. The third-order valence-corrected chi connectivity index (χ3v) is 6.24. The third kappa shape index (κ3) is 8.65. The van der Waals surface area contributed by atoms with Gasteiger partial charge < -0.3 is 23.7 Å². The smallest absolute Gasteiger partial charge is 0.157 e. The second-order valence-electron chi connectivity index (χ2n) is 9.03. The maximum absolute atomic E-state index is 6.11. The van der Waals surface area contributed by atoms with E-state index < -0.39 is 0 Å². The van der Waals surface area contributed by atoms with E-state index in [9.17, 15) is 0 Å². The minimum absolute atomic E-state index is 0.0317. The molecule has 5 heteroatoms. The SMILES string of the molecule is c1ccc(CO[C@H]2C[C@H](Oc3cccc(OCCCCCCOC4CCCCO4)c3)C2)cc1. The van der Waals surface area contributed by atoms with Gasteiger partial charge in [0, 0.05) is 32.1 Å². The minimum Gasteiger partial charge on any atom is -0.493 e. The van der Waals surface area contributed by atoms with Crippen molar-refractivity contribution >= 4 is 0 Å². The van der Waals surface area contributed by atoms with Gasteiger partial charge in [0.2, 0.25) is 0 Å². The molecule has 0 bridgehead atoms. The molecule has 2 fully saturated rings. The van der Waals surface area contributed by atoms with Crippen molar-refractivity contribution in [3.05, 3.63) is 60.2 Å². The number of ether oxygens (including phenoxy) is 5. The molecule has 2 aliphatic rings. The Hall–Kier alpha value is -2.08. The highest BCUT2D eigenvalue weighted by atomic mass is 16.7. The largest absolute Gasteiger partial charge is 0.493 e. The minimum atomic E-state index is 0.0317. The van der Waals surface area contributed by atoms with E-state index >= 15 is 0 Å². The summed E-state index contributed by atoms with van der Waals surface area (Å²) < 4.78 is 29.4. The molecule has 180 valence electrons. The Morgan fingerprint density at radius 3 is 2.39 bits per heavy atom. The number of hydrogen-bond donors (Lipinski definition) is 0. The predicted octanol–water partition coefficient (Wildman–Crippen LogP) is 6.30. The normalized spacial score (nSPS) is 22.5. The molecule has 1 saturated carbocycles. The Kier molecular flexibility index (Phi) is 9.90. The fraction of sp³-hybridized carbons (Fsp3) is 0.571. The van der Waals surface area contributed by atoms with Gasteiger partial charge in [0.05, 0.1) is 19.3 Å². The van der Waals surface area contributed by atoms with Gasteiger partial charge in [-0.05, 0) is 56.2 Å². The summed E-state index contributed by atoms with van der Waals surface area (Å²) in [5.41, 5.74) is 1.22. The Morgan fingerprint density at radius 2 is 1.58 bits per heavy atom. The lowest BCUT2D eigenvalue weighted by molar-refractivity contribution is -0.162. The van der Waals surface area contributed by atoms with Gasteiger partial charge in [0.25, 0.3) is 0 Å². The fourth-order valence-corrected chi connectivity index (χ4v) is 4.17. The lowest BCUT2D eigenvalue weighted by atomic mass is 9.92. The van der Waals surface area contributed by atoms with Crippen LogP contribution in [0, 0.1) is 0 Å². The zero-order chi connectivity index (χ0) is 22.6. The van der Waals surface area contributed by atoms with E-state index in [1.807, 2.05) is 42.5 Å². The second-order valence-corrected chi connectivity index (χ2v) is 9.03. The summed E-state index contributed by atoms with van der Waals surface area (Å²) in [4.78, 5) is 0. The molecule has 0 spiro atoms. The van der Waals surface area contributed by atoms with Crippen molar-refractivity contribution in [1.29, 1.82) is 0 Å². The summed E-state index contributed by atoms with van der Waals surface area (Å²) in [5.74, 6) is 1.75. The van der Waals surface area contributed by atoms with E-state index in [-0.39, 0.29) is 18.5 Å². The summed E-state index contributed by atoms with van der Waals surface area (Å²) in [5, 5.41) is 0. The van der Waals surface area contributed by atoms with Gasteiger partial charge in [-0.15, -0.1) is 0 Å². The topological polar surface area (TPSA) is 46.2 Å². The lowest BCUT2D eigenvalue weighted by Crippen LogP contribution is -2.39. The van der Waals surface area contributed by atoms with Gasteiger partial charge in [0.1, 0.15) is 17.6 Å². The van der Waals surface area contributed by atoms with Crippen LogP contribution in [0.1, 0.15) is 63.4 Å². The molecule has 0 aromatic heterocycles. The summed E-state index contributed by atoms with van der Waals surface area (Å²) in [6.45, 7) is 3.04. The Labute approximate surface area is 198 Å². The van der Waals surface area contributed by atoms with Crippen LogP contribution in [0.2, 0.25) is 0 Å². The van der Waals surface area contributed by atoms with Gasteiger partial charge in [-0.2, -0.15) is 0 Å². The first-order chi connectivity index (χ1) is 16.3. The van der Waals surface area contributed by atoms with Crippen LogP contribution in [0.5, 0.6) is 11.5 Å². The molecule has 2 aromatic rings. The van der Waals surface area contributed by atoms with Crippen LogP contribution in [-0.2, 0) is 20.8 Å². The summed E-state index contributed by atoms with van der Waals surface area (Å²) in [6.07, 6.45) is 10.3. The third-order valence-electron chi connectivity index (χ3n) is 6.24. The standard InChI is InChI=1S/C28H38O5/c1(2-8-17-30-28-15-6-9-18-31-28)7-16-29-24-13-10-14-25(19-24)33-27-20-26(21-27)32-22-23-11-4-3-5-12-23/h3-5,10-14,19,26-28H,1-2,6-9,15-18,20-22H2/t26-,27-,28?. The average Bonchev–Trinajstić information content (AvgIpc) is 2.84. The zero-order valence-corrected chi connectivity index (χ0v) is 19.7. The molecule has 33 heavy (non-hydrogen) atoms. The maximum Gasteiger partial charge on any atom is 0.157 e. The van der Waals surface area contributed by atoms with E-state index in [1.165, 1.54) is 18.4 Å². The highest BCUT2D eigenvalue weighted by molar-refractivity contribution is 5.33. The van der Waals surface area contributed by atoms with Crippen LogP contribution >= 0.6 is 0 Å². The number of benzene rings is 2. The maximum atomic E-state index is 6.11. The molecule has 5 nitrogen and oxygen atoms in total. The van der Waals surface area contributed by atoms with Crippen molar-refractivity contribution < 1.29 is 23.7 Å². The predicted molar refractivity (Wildman–Crippen MR) is 129 cm³/mol. The Morgan fingerprint density at radius 1 is 0.758 bits per heavy atom. The van der Waals surface area contributed by atoms with E-state index in [4.69, 9.17) is 23.7 Å². The first kappa shape index (κ1) is 24.1. The molecule has 0 amide bonds. The molecule has 0 radical (unpaired) electrons. The van der Waals surface area contributed by atoms with Crippen molar-refractivity contribution in [2.75, 3.05) is 19.8 Å². The van der Waals surface area contributed by atoms with E-state index in [2.05, 4.69) is 12.1 Å². The van der Waals surface area contributed by atoms with Crippen molar-refractivity contribution in [2.24, 2.45) is 0 Å². The number of rotatable bonds is 14. The van der Waals surface area contributed by atoms with Crippen molar-refractivity contribution in [2.45, 2.75) is 82.9 Å². The van der Waals surface area contributed by atoms with Gasteiger partial charge in [-0.25, -0.2) is 0 Å². The van der Waals surface area contributed by atoms with E-state index in [0.29, 0.717) is 6.61 Å². The molecule has 1 aliphatic heterocycles. The zero-order valence-electron chi connectivity index (χ0n) is 19.7. The fourth-order valence-electron chi connectivity index (χ4n) is 4.17. The lowest BCUT2D eigenvalue weighted by Gasteiger charge is -2.35. The Balaban J connectivity index is 1.03. The van der Waals surface area contributed by atoms with E-state index in [0.717, 1.165) is 76.3 Å². The summed E-state index contributed by atoms with van der Waals surface area (Å²) in [6, 6.07) is 18.3. The molecule has 1 aliphatic carbocycles. The van der Waals surface area contributed by atoms with Gasteiger partial charge in [-0.3, -0.25) is 0 Å². The highest BCUT2D eigenvalue weighted by Crippen LogP contribution is 2.30. The summed E-state index contributed by atoms with van der Waals surface area (Å²) >= 11 is 0. The van der Waals surface area contributed by atoms with Crippen LogP contribution < -0.4 is 9.47 Å². The molecule has 4 rings (SSSR count). The van der Waals surface area contributed by atoms with Crippen molar-refractivity contribution in [3.8, 4) is 11.5 Å². The first-order valence-corrected chi connectivity index (χ1v) is 12.6. The van der Waals surface area contributed by atoms with Crippen LogP contribution in [0.25, 0.3) is 0 Å². The van der Waals surface area contributed by atoms with Crippen molar-refractivity contribution in [1.82, 2.24) is 0 Å². The summed E-state index contributed by atoms with van der Waals surface area (Å²) in [7, 11) is 0. The highest BCUT2D eigenvalue weighted by Gasteiger charge is 2.31. The van der Waals surface area contributed by atoms with Crippen LogP contribution in [0.3, 0.4) is 0 Å². The van der Waals surface area contributed by atoms with Gasteiger partial charge in [0.15, 0.2) is 6.29 Å². The molecular weight excluding hydrogens is 416 g/mol. The molecule has 0 N–H and O–H groups in total. The van der Waals surface area contributed by atoms with Crippen molar-refractivity contribution in [3.63, 3.8) is 0 Å².